The number of fused-ring (bicyclic) bond motifs is 1. The number of hydrogen-bond acceptors (Lipinski definition) is 3. The molecule has 1 atom stereocenters. The van der Waals surface area contributed by atoms with Gasteiger partial charge in [-0.15, -0.1) is 24.8 Å². The van der Waals surface area contributed by atoms with E-state index in [1.54, 1.807) is 0 Å². The summed E-state index contributed by atoms with van der Waals surface area (Å²) in [5.41, 5.74) is 2.44. The average Bonchev–Trinajstić information content (AvgIpc) is 2.87. The van der Waals surface area contributed by atoms with Gasteiger partial charge in [-0.25, -0.2) is 4.98 Å². The van der Waals surface area contributed by atoms with Crippen LogP contribution in [0.2, 0.25) is 0 Å². The summed E-state index contributed by atoms with van der Waals surface area (Å²) in [6.07, 6.45) is 4.26. The summed E-state index contributed by atoms with van der Waals surface area (Å²) in [5, 5.41) is 3.41. The predicted octanol–water partition coefficient (Wildman–Crippen LogP) is 2.23. The summed E-state index contributed by atoms with van der Waals surface area (Å²) in [6.45, 7) is 7.82. The van der Waals surface area contributed by atoms with E-state index in [2.05, 4.69) is 27.1 Å². The topological polar surface area (TPSA) is 61.0 Å². The smallest absolute Gasteiger partial charge is 0.229 e. The monoisotopic (exact) mass is 360 g/mol. The fourth-order valence-corrected chi connectivity index (χ4v) is 4.53. The summed E-state index contributed by atoms with van der Waals surface area (Å²) in [6, 6.07) is 0. The second-order valence-corrected chi connectivity index (χ2v) is 7.26. The lowest BCUT2D eigenvalue weighted by molar-refractivity contribution is -0.139. The molecule has 1 spiro atoms. The number of imidazole rings is 1. The lowest BCUT2D eigenvalue weighted by atomic mass is 9.84. The van der Waals surface area contributed by atoms with Crippen LogP contribution in [0.5, 0.6) is 0 Å². The zero-order chi connectivity index (χ0) is 14.7. The molecule has 4 rings (SSSR count). The summed E-state index contributed by atoms with van der Waals surface area (Å²) < 4.78 is 0. The van der Waals surface area contributed by atoms with Crippen molar-refractivity contribution < 1.29 is 4.79 Å². The molecule has 1 saturated heterocycles. The Labute approximate surface area is 149 Å². The van der Waals surface area contributed by atoms with Crippen molar-refractivity contribution in [2.75, 3.05) is 19.6 Å². The van der Waals surface area contributed by atoms with Crippen molar-refractivity contribution in [2.45, 2.75) is 46.1 Å². The number of amides is 1. The van der Waals surface area contributed by atoms with Crippen LogP contribution in [-0.2, 0) is 17.8 Å². The van der Waals surface area contributed by atoms with Gasteiger partial charge in [0.05, 0.1) is 23.3 Å². The first-order chi connectivity index (χ1) is 10.0. The van der Waals surface area contributed by atoms with Crippen molar-refractivity contribution in [2.24, 2.45) is 10.8 Å². The number of piperidine rings is 1. The standard InChI is InChI=1S/C16H24N4O.2ClH/c1-11-18-12-3-8-20(9-13(12)19-11)14(21)15(2)10-16(15)4-6-17-7-5-16;;/h17H,3-10H2,1-2H3,(H,18,19);2*1H. The zero-order valence-electron chi connectivity index (χ0n) is 13.8. The molecule has 1 amide bonds. The molecule has 2 fully saturated rings. The van der Waals surface area contributed by atoms with Crippen LogP contribution < -0.4 is 5.32 Å². The largest absolute Gasteiger partial charge is 0.344 e. The van der Waals surface area contributed by atoms with E-state index in [4.69, 9.17) is 0 Å². The minimum absolute atomic E-state index is 0. The highest BCUT2D eigenvalue weighted by Gasteiger charge is 2.68. The Kier molecular flexibility index (Phi) is 5.05. The molecule has 1 unspecified atom stereocenters. The van der Waals surface area contributed by atoms with Crippen LogP contribution >= 0.6 is 24.8 Å². The SMILES string of the molecule is Cc1nc2c([nH]1)CN(C(=O)C1(C)CC13CCNCC3)CC2.Cl.Cl. The van der Waals surface area contributed by atoms with Gasteiger partial charge in [0.2, 0.25) is 5.91 Å². The number of halogens is 2. The Morgan fingerprint density at radius 2 is 1.96 bits per heavy atom. The van der Waals surface area contributed by atoms with Crippen molar-refractivity contribution in [1.29, 1.82) is 0 Å². The highest BCUT2D eigenvalue weighted by atomic mass is 35.5. The third-order valence-electron chi connectivity index (χ3n) is 6.01. The van der Waals surface area contributed by atoms with Crippen molar-refractivity contribution in [3.05, 3.63) is 17.2 Å². The molecule has 0 aromatic carbocycles. The second-order valence-electron chi connectivity index (χ2n) is 7.26. The van der Waals surface area contributed by atoms with E-state index in [1.807, 2.05) is 6.92 Å². The third-order valence-corrected chi connectivity index (χ3v) is 6.01. The second kappa shape index (κ2) is 6.26. The number of aromatic amines is 1. The van der Waals surface area contributed by atoms with Gasteiger partial charge in [0.1, 0.15) is 5.82 Å². The predicted molar refractivity (Wildman–Crippen MR) is 94.2 cm³/mol. The van der Waals surface area contributed by atoms with Gasteiger partial charge in [-0.1, -0.05) is 6.92 Å². The number of rotatable bonds is 1. The molecule has 1 saturated carbocycles. The fraction of sp³-hybridized carbons (Fsp3) is 0.750. The molecule has 2 N–H and O–H groups in total. The Bertz CT molecular complexity index is 597. The van der Waals surface area contributed by atoms with E-state index in [-0.39, 0.29) is 35.6 Å². The lowest BCUT2D eigenvalue weighted by Crippen LogP contribution is -2.43. The summed E-state index contributed by atoms with van der Waals surface area (Å²) in [4.78, 5) is 22.9. The first kappa shape index (κ1) is 18.6. The number of hydrogen-bond donors (Lipinski definition) is 2. The van der Waals surface area contributed by atoms with Crippen molar-refractivity contribution in [3.8, 4) is 0 Å². The average molecular weight is 361 g/mol. The van der Waals surface area contributed by atoms with Gasteiger partial charge in [-0.2, -0.15) is 0 Å². The van der Waals surface area contributed by atoms with Crippen LogP contribution in [0.25, 0.3) is 0 Å². The molecule has 0 bridgehead atoms. The molecule has 1 aromatic heterocycles. The number of carbonyl (C=O) groups is 1. The molecule has 3 heterocycles. The molecule has 2 aliphatic heterocycles. The Hall–Kier alpha value is -0.780. The minimum atomic E-state index is -0.123. The highest BCUT2D eigenvalue weighted by molar-refractivity contribution is 5.87. The van der Waals surface area contributed by atoms with Gasteiger partial charge >= 0.3 is 0 Å². The number of aromatic nitrogens is 2. The Morgan fingerprint density at radius 3 is 2.65 bits per heavy atom. The van der Waals surface area contributed by atoms with E-state index >= 15 is 0 Å². The first-order valence-electron chi connectivity index (χ1n) is 8.09. The maximum atomic E-state index is 13.0. The van der Waals surface area contributed by atoms with Gasteiger partial charge in [0.15, 0.2) is 0 Å². The number of aryl methyl sites for hydroxylation is 1. The fourth-order valence-electron chi connectivity index (χ4n) is 4.53. The summed E-state index contributed by atoms with van der Waals surface area (Å²) in [5.74, 6) is 1.32. The molecule has 23 heavy (non-hydrogen) atoms. The molecule has 3 aliphatic rings. The Balaban J connectivity index is 0.000000960. The lowest BCUT2D eigenvalue weighted by Gasteiger charge is -2.33. The molecule has 1 aliphatic carbocycles. The third kappa shape index (κ3) is 2.77. The normalized spacial score (nSPS) is 27.7. The van der Waals surface area contributed by atoms with E-state index < -0.39 is 0 Å². The summed E-state index contributed by atoms with van der Waals surface area (Å²) in [7, 11) is 0. The molecule has 0 radical (unpaired) electrons. The Morgan fingerprint density at radius 1 is 1.26 bits per heavy atom. The van der Waals surface area contributed by atoms with Crippen molar-refractivity contribution >= 4 is 30.7 Å². The van der Waals surface area contributed by atoms with E-state index in [0.29, 0.717) is 12.5 Å². The molecule has 130 valence electrons. The number of nitrogens with one attached hydrogen (secondary N) is 2. The maximum Gasteiger partial charge on any atom is 0.229 e. The first-order valence-corrected chi connectivity index (χ1v) is 8.09. The van der Waals surface area contributed by atoms with Crippen LogP contribution in [0.1, 0.15) is 43.4 Å². The van der Waals surface area contributed by atoms with Crippen LogP contribution in [-0.4, -0.2) is 40.4 Å². The van der Waals surface area contributed by atoms with Crippen LogP contribution in [0, 0.1) is 17.8 Å². The highest BCUT2D eigenvalue weighted by Crippen LogP contribution is 2.69. The van der Waals surface area contributed by atoms with Crippen LogP contribution in [0.3, 0.4) is 0 Å². The van der Waals surface area contributed by atoms with Crippen LogP contribution in [0.4, 0.5) is 0 Å². The maximum absolute atomic E-state index is 13.0. The van der Waals surface area contributed by atoms with Gasteiger partial charge in [-0.05, 0) is 44.7 Å². The number of H-pyrrole nitrogens is 1. The molecule has 5 nitrogen and oxygen atoms in total. The van der Waals surface area contributed by atoms with Crippen LogP contribution in [0.15, 0.2) is 0 Å². The quantitative estimate of drug-likeness (QED) is 0.807. The van der Waals surface area contributed by atoms with E-state index in [9.17, 15) is 4.79 Å². The van der Waals surface area contributed by atoms with Gasteiger partial charge in [-0.3, -0.25) is 4.79 Å². The van der Waals surface area contributed by atoms with E-state index in [0.717, 1.165) is 62.5 Å². The van der Waals surface area contributed by atoms with Gasteiger partial charge < -0.3 is 15.2 Å². The molecular weight excluding hydrogens is 335 g/mol. The molecule has 7 heteroatoms. The number of carbonyl (C=O) groups excluding carboxylic acids is 1. The van der Waals surface area contributed by atoms with Crippen molar-refractivity contribution in [3.63, 3.8) is 0 Å². The minimum Gasteiger partial charge on any atom is -0.344 e. The van der Waals surface area contributed by atoms with Crippen molar-refractivity contribution in [1.82, 2.24) is 20.2 Å². The summed E-state index contributed by atoms with van der Waals surface area (Å²) >= 11 is 0. The molecule has 1 aromatic rings. The molecular formula is C16H26Cl2N4O. The zero-order valence-corrected chi connectivity index (χ0v) is 15.4. The number of nitrogens with zero attached hydrogens (tertiary/aromatic N) is 2. The van der Waals surface area contributed by atoms with E-state index in [1.165, 1.54) is 0 Å². The van der Waals surface area contributed by atoms with Gasteiger partial charge in [0, 0.05) is 13.0 Å². The van der Waals surface area contributed by atoms with Gasteiger partial charge in [0.25, 0.3) is 0 Å².